The van der Waals surface area contributed by atoms with Crippen LogP contribution in [0.1, 0.15) is 52.7 Å². The fourth-order valence-corrected chi connectivity index (χ4v) is 7.39. The van der Waals surface area contributed by atoms with Crippen LogP contribution in [0, 0.1) is 0 Å². The average molecular weight is 826 g/mol. The molecule has 3 aromatic heterocycles. The van der Waals surface area contributed by atoms with Gasteiger partial charge in [0.2, 0.25) is 23.6 Å². The van der Waals surface area contributed by atoms with Gasteiger partial charge in [-0.3, -0.25) is 4.57 Å². The first kappa shape index (κ1) is 40.6. The zero-order chi connectivity index (χ0) is 43.6. The van der Waals surface area contributed by atoms with Gasteiger partial charge < -0.3 is 8.83 Å². The van der Waals surface area contributed by atoms with Gasteiger partial charge >= 0.3 is 0 Å². The minimum absolute atomic E-state index is 0.0868. The van der Waals surface area contributed by atoms with E-state index in [2.05, 4.69) is 168 Å². The number of hydrogen-bond acceptors (Lipinski definition) is 8. The molecule has 0 N–H and O–H groups in total. The van der Waals surface area contributed by atoms with Gasteiger partial charge in [0.25, 0.3) is 0 Å². The fourth-order valence-electron chi connectivity index (χ4n) is 7.39. The van der Waals surface area contributed by atoms with Crippen LogP contribution < -0.4 is 0 Å². The fraction of sp³-hybridized carbons (Fsp3) is 0.148. The molecule has 3 heterocycles. The van der Waals surface area contributed by atoms with Crippen molar-refractivity contribution in [1.82, 2.24) is 35.2 Å². The maximum absolute atomic E-state index is 6.00. The normalized spacial score (nSPS) is 11.7. The van der Waals surface area contributed by atoms with Crippen LogP contribution in [0.5, 0.6) is 0 Å². The van der Waals surface area contributed by atoms with E-state index in [9.17, 15) is 0 Å². The molecule has 0 aliphatic rings. The quantitative estimate of drug-likeness (QED) is 0.156. The Kier molecular flexibility index (Phi) is 10.9. The smallest absolute Gasteiger partial charge is 0.248 e. The molecule has 9 heteroatoms. The first-order chi connectivity index (χ1) is 30.5. The van der Waals surface area contributed by atoms with Crippen molar-refractivity contribution in [2.45, 2.75) is 52.4 Å². The highest BCUT2D eigenvalue weighted by atomic mass is 16.4. The van der Waals surface area contributed by atoms with E-state index < -0.39 is 0 Å². The molecule has 0 aliphatic carbocycles. The summed E-state index contributed by atoms with van der Waals surface area (Å²) in [4.78, 5) is 0. The second-order valence-electron chi connectivity index (χ2n) is 17.5. The SMILES string of the molecule is CC(C)(C)c1ccc(-c2nnc(-c3cccc(-c4nnc(-c5ccc(C(C)(C)C)cc5)o4)c3)o2)cc1.c1ccc(-c2nnc(-c3ccccc3)n2-c2cccc3ccccc23)cc1. The van der Waals surface area contributed by atoms with Crippen molar-refractivity contribution in [2.24, 2.45) is 0 Å². The Balaban J connectivity index is 0.000000166. The van der Waals surface area contributed by atoms with Gasteiger partial charge in [-0.25, -0.2) is 0 Å². The van der Waals surface area contributed by atoms with Gasteiger partial charge in [0, 0.05) is 38.8 Å². The predicted molar refractivity (Wildman–Crippen MR) is 251 cm³/mol. The molecule has 0 unspecified atom stereocenters. The minimum Gasteiger partial charge on any atom is -0.416 e. The lowest BCUT2D eigenvalue weighted by atomic mass is 9.87. The van der Waals surface area contributed by atoms with E-state index in [0.717, 1.165) is 50.7 Å². The van der Waals surface area contributed by atoms with Crippen molar-refractivity contribution in [1.29, 1.82) is 0 Å². The van der Waals surface area contributed by atoms with Crippen LogP contribution in [-0.2, 0) is 10.8 Å². The molecule has 0 aliphatic heterocycles. The summed E-state index contributed by atoms with van der Waals surface area (Å²) < 4.78 is 14.2. The Labute approximate surface area is 367 Å². The van der Waals surface area contributed by atoms with E-state index >= 15 is 0 Å². The zero-order valence-corrected chi connectivity index (χ0v) is 36.2. The molecule has 0 fully saturated rings. The number of benzene rings is 7. The third-order valence-corrected chi connectivity index (χ3v) is 10.9. The summed E-state index contributed by atoms with van der Waals surface area (Å²) in [5.41, 5.74) is 9.18. The maximum Gasteiger partial charge on any atom is 0.248 e. The molecule has 0 atom stereocenters. The van der Waals surface area contributed by atoms with Gasteiger partial charge in [0.05, 0.1) is 5.69 Å². The highest BCUT2D eigenvalue weighted by Gasteiger charge is 2.20. The van der Waals surface area contributed by atoms with Crippen molar-refractivity contribution >= 4 is 10.8 Å². The molecule has 0 bridgehead atoms. The van der Waals surface area contributed by atoms with Gasteiger partial charge in [-0.2, -0.15) is 0 Å². The topological polar surface area (TPSA) is 109 Å². The van der Waals surface area contributed by atoms with Crippen molar-refractivity contribution in [3.63, 3.8) is 0 Å². The van der Waals surface area contributed by atoms with E-state index in [-0.39, 0.29) is 10.8 Å². The van der Waals surface area contributed by atoms with Crippen LogP contribution in [0.25, 0.3) is 85.1 Å². The van der Waals surface area contributed by atoms with E-state index in [4.69, 9.17) is 8.83 Å². The van der Waals surface area contributed by atoms with Gasteiger partial charge in [0.1, 0.15) is 0 Å². The number of aromatic nitrogens is 7. The molecule has 10 rings (SSSR count). The lowest BCUT2D eigenvalue weighted by Gasteiger charge is -2.18. The molecular weight excluding hydrogens is 779 g/mol. The predicted octanol–water partition coefficient (Wildman–Crippen LogP) is 13.5. The lowest BCUT2D eigenvalue weighted by molar-refractivity contribution is 0.580. The van der Waals surface area contributed by atoms with E-state index in [1.54, 1.807) is 0 Å². The number of rotatable bonds is 7. The minimum atomic E-state index is 0.0868. The first-order valence-corrected chi connectivity index (χ1v) is 21.0. The highest BCUT2D eigenvalue weighted by molar-refractivity contribution is 5.91. The molecule has 10 aromatic rings. The van der Waals surface area contributed by atoms with Crippen molar-refractivity contribution in [2.75, 3.05) is 0 Å². The third-order valence-electron chi connectivity index (χ3n) is 10.9. The van der Waals surface area contributed by atoms with E-state index in [0.29, 0.717) is 23.6 Å². The van der Waals surface area contributed by atoms with Crippen LogP contribution in [-0.4, -0.2) is 35.2 Å². The summed E-state index contributed by atoms with van der Waals surface area (Å²) in [5.74, 6) is 3.51. The van der Waals surface area contributed by atoms with Crippen LogP contribution in [0.4, 0.5) is 0 Å². The standard InChI is InChI=1S/C30H30N4O2.C24H17N3/c1-29(2,3)23-14-10-19(11-15-23)25-31-33-27(35-25)21-8-7-9-22(18-21)28-34-32-26(36-28)20-12-16-24(17-13-20)30(4,5)6;1-3-11-19(12-4-1)23-25-26-24(20-13-5-2-6-14-20)27(23)22-17-9-15-18-10-7-8-16-21(18)22/h7-18H,1-6H3;1-17H. The van der Waals surface area contributed by atoms with Gasteiger partial charge in [0.15, 0.2) is 11.6 Å². The molecule has 63 heavy (non-hydrogen) atoms. The Morgan fingerprint density at radius 3 is 1.19 bits per heavy atom. The highest BCUT2D eigenvalue weighted by Crippen LogP contribution is 2.34. The summed E-state index contributed by atoms with van der Waals surface area (Å²) in [5, 5.41) is 28.5. The number of nitrogens with zero attached hydrogens (tertiary/aromatic N) is 7. The van der Waals surface area contributed by atoms with Crippen LogP contribution >= 0.6 is 0 Å². The number of hydrogen-bond donors (Lipinski definition) is 0. The summed E-state index contributed by atoms with van der Waals surface area (Å²) >= 11 is 0. The second kappa shape index (κ2) is 16.9. The molecule has 0 amide bonds. The summed E-state index contributed by atoms with van der Waals surface area (Å²) in [6.45, 7) is 13.1. The average Bonchev–Trinajstić information content (AvgIpc) is 4.11. The third kappa shape index (κ3) is 8.72. The Hall–Kier alpha value is -7.78. The van der Waals surface area contributed by atoms with Crippen LogP contribution in [0.2, 0.25) is 0 Å². The van der Waals surface area contributed by atoms with E-state index in [1.807, 2.05) is 84.9 Å². The Morgan fingerprint density at radius 1 is 0.349 bits per heavy atom. The van der Waals surface area contributed by atoms with Crippen molar-refractivity contribution < 1.29 is 8.83 Å². The lowest BCUT2D eigenvalue weighted by Crippen LogP contribution is -2.10. The largest absolute Gasteiger partial charge is 0.416 e. The zero-order valence-electron chi connectivity index (χ0n) is 36.2. The molecule has 0 radical (unpaired) electrons. The molecule has 0 spiro atoms. The summed E-state index contributed by atoms with van der Waals surface area (Å²) in [6.07, 6.45) is 0. The maximum atomic E-state index is 6.00. The van der Waals surface area contributed by atoms with E-state index in [1.165, 1.54) is 21.9 Å². The number of fused-ring (bicyclic) bond motifs is 1. The van der Waals surface area contributed by atoms with Crippen LogP contribution in [0.3, 0.4) is 0 Å². The molecule has 0 saturated carbocycles. The van der Waals surface area contributed by atoms with Crippen LogP contribution in [0.15, 0.2) is 185 Å². The molecular formula is C54H47N7O2. The monoisotopic (exact) mass is 825 g/mol. The van der Waals surface area contributed by atoms with Gasteiger partial charge in [-0.1, -0.05) is 169 Å². The second-order valence-corrected chi connectivity index (χ2v) is 17.5. The Morgan fingerprint density at radius 2 is 0.730 bits per heavy atom. The summed E-state index contributed by atoms with van der Waals surface area (Å²) in [6, 6.07) is 59.3. The Bertz CT molecular complexity index is 2940. The van der Waals surface area contributed by atoms with Crippen molar-refractivity contribution in [3.8, 4) is 74.3 Å². The first-order valence-electron chi connectivity index (χ1n) is 21.0. The molecule has 310 valence electrons. The summed E-state index contributed by atoms with van der Waals surface area (Å²) in [7, 11) is 0. The van der Waals surface area contributed by atoms with Gasteiger partial charge in [-0.05, 0) is 75.9 Å². The molecule has 9 nitrogen and oxygen atoms in total. The van der Waals surface area contributed by atoms with Crippen molar-refractivity contribution in [3.05, 3.63) is 187 Å². The van der Waals surface area contributed by atoms with Gasteiger partial charge in [-0.15, -0.1) is 30.6 Å². The molecule has 0 saturated heterocycles. The molecule has 7 aromatic carbocycles.